The summed E-state index contributed by atoms with van der Waals surface area (Å²) in [5.41, 5.74) is 3.37. The molecule has 3 aromatic rings. The Morgan fingerprint density at radius 1 is 1.16 bits per heavy atom. The second-order valence-electron chi connectivity index (χ2n) is 3.55. The van der Waals surface area contributed by atoms with Gasteiger partial charge in [0.05, 0.1) is 19.0 Å². The van der Waals surface area contributed by atoms with E-state index in [-0.39, 0.29) is 0 Å². The molecule has 0 aliphatic carbocycles. The van der Waals surface area contributed by atoms with E-state index in [1.807, 2.05) is 38.2 Å². The number of rotatable bonds is 2. The van der Waals surface area contributed by atoms with E-state index < -0.39 is 0 Å². The van der Waals surface area contributed by atoms with Gasteiger partial charge < -0.3 is 9.72 Å². The van der Waals surface area contributed by atoms with Crippen LogP contribution in [0.15, 0.2) is 36.8 Å². The molecule has 3 heterocycles. The van der Waals surface area contributed by atoms with Gasteiger partial charge in [0.2, 0.25) is 5.88 Å². The highest BCUT2D eigenvalue weighted by atomic mass is 16.5. The number of fused-ring (bicyclic) bond motifs is 1. The minimum atomic E-state index is 0.568. The maximum Gasteiger partial charge on any atom is 0.213 e. The molecule has 0 aromatic carbocycles. The van der Waals surface area contributed by atoms with E-state index in [0.717, 1.165) is 22.4 Å². The average molecular weight is 256 g/mol. The molecule has 1 N–H and O–H groups in total. The van der Waals surface area contributed by atoms with Crippen LogP contribution < -0.4 is 4.74 Å². The standard InChI is InChI=1S/C12H10N4O.C2H6/c1-17-11-6-8(2-4-13-11)10-7-15-12-9(16-10)3-5-14-12;1-2/h2-7H,1H3,(H,14,15);1-2H3. The molecule has 0 unspecified atom stereocenters. The molecule has 5 nitrogen and oxygen atoms in total. The normalized spacial score (nSPS) is 9.84. The van der Waals surface area contributed by atoms with Crippen LogP contribution in [0.4, 0.5) is 0 Å². The van der Waals surface area contributed by atoms with Crippen molar-refractivity contribution in [2.24, 2.45) is 0 Å². The third kappa shape index (κ3) is 2.70. The van der Waals surface area contributed by atoms with Gasteiger partial charge in [-0.15, -0.1) is 0 Å². The van der Waals surface area contributed by atoms with Gasteiger partial charge in [-0.05, 0) is 12.1 Å². The molecule has 0 aliphatic heterocycles. The van der Waals surface area contributed by atoms with Gasteiger partial charge in [0.25, 0.3) is 0 Å². The number of nitrogens with one attached hydrogen (secondary N) is 1. The molecule has 98 valence electrons. The highest BCUT2D eigenvalue weighted by molar-refractivity contribution is 5.74. The highest BCUT2D eigenvalue weighted by Gasteiger charge is 2.04. The molecule has 3 rings (SSSR count). The van der Waals surface area contributed by atoms with E-state index in [2.05, 4.69) is 19.9 Å². The van der Waals surface area contributed by atoms with E-state index in [9.17, 15) is 0 Å². The summed E-state index contributed by atoms with van der Waals surface area (Å²) in [4.78, 5) is 15.9. The summed E-state index contributed by atoms with van der Waals surface area (Å²) < 4.78 is 5.08. The van der Waals surface area contributed by atoms with Crippen LogP contribution in [0.2, 0.25) is 0 Å². The Morgan fingerprint density at radius 3 is 2.79 bits per heavy atom. The lowest BCUT2D eigenvalue weighted by Gasteiger charge is -2.02. The maximum absolute atomic E-state index is 5.08. The number of hydrogen-bond acceptors (Lipinski definition) is 4. The summed E-state index contributed by atoms with van der Waals surface area (Å²) in [7, 11) is 1.59. The van der Waals surface area contributed by atoms with Crippen molar-refractivity contribution in [3.63, 3.8) is 0 Å². The van der Waals surface area contributed by atoms with Crippen LogP contribution in [0.5, 0.6) is 5.88 Å². The van der Waals surface area contributed by atoms with Crippen LogP contribution in [0.25, 0.3) is 22.4 Å². The number of aromatic amines is 1. The van der Waals surface area contributed by atoms with Gasteiger partial charge in [0.15, 0.2) is 5.65 Å². The molecule has 0 fully saturated rings. The smallest absolute Gasteiger partial charge is 0.213 e. The molecular weight excluding hydrogens is 240 g/mol. The average Bonchev–Trinajstić information content (AvgIpc) is 2.97. The topological polar surface area (TPSA) is 63.7 Å². The number of hydrogen-bond donors (Lipinski definition) is 1. The summed E-state index contributed by atoms with van der Waals surface area (Å²) in [6.45, 7) is 4.00. The Balaban J connectivity index is 0.000000637. The molecule has 0 saturated heterocycles. The fraction of sp³-hybridized carbons (Fsp3) is 0.214. The quantitative estimate of drug-likeness (QED) is 0.765. The van der Waals surface area contributed by atoms with Crippen molar-refractivity contribution < 1.29 is 4.74 Å². The largest absolute Gasteiger partial charge is 0.481 e. The van der Waals surface area contributed by atoms with Gasteiger partial charge in [-0.2, -0.15) is 0 Å². The summed E-state index contributed by atoms with van der Waals surface area (Å²) >= 11 is 0. The Morgan fingerprint density at radius 2 is 2.00 bits per heavy atom. The van der Waals surface area contributed by atoms with Crippen LogP contribution in [-0.4, -0.2) is 27.0 Å². The number of pyridine rings is 1. The van der Waals surface area contributed by atoms with E-state index in [4.69, 9.17) is 4.74 Å². The zero-order chi connectivity index (χ0) is 13.7. The van der Waals surface area contributed by atoms with Crippen molar-refractivity contribution in [2.75, 3.05) is 7.11 Å². The van der Waals surface area contributed by atoms with Gasteiger partial charge in [0, 0.05) is 24.0 Å². The molecule has 0 aliphatic rings. The fourth-order valence-electron chi connectivity index (χ4n) is 1.65. The van der Waals surface area contributed by atoms with E-state index in [0.29, 0.717) is 5.88 Å². The highest BCUT2D eigenvalue weighted by Crippen LogP contribution is 2.21. The Hall–Kier alpha value is -2.43. The van der Waals surface area contributed by atoms with Gasteiger partial charge >= 0.3 is 0 Å². The van der Waals surface area contributed by atoms with Gasteiger partial charge in [-0.25, -0.2) is 15.0 Å². The van der Waals surface area contributed by atoms with Gasteiger partial charge in [0.1, 0.15) is 5.52 Å². The van der Waals surface area contributed by atoms with Crippen molar-refractivity contribution in [1.29, 1.82) is 0 Å². The molecule has 0 amide bonds. The first-order valence-electron chi connectivity index (χ1n) is 6.17. The molecule has 0 atom stereocenters. The van der Waals surface area contributed by atoms with Crippen molar-refractivity contribution >= 4 is 11.2 Å². The molecular formula is C14H16N4O. The van der Waals surface area contributed by atoms with Crippen molar-refractivity contribution in [1.82, 2.24) is 19.9 Å². The SMILES string of the molecule is CC.COc1cc(-c2cnc3[nH]ccc3n2)ccn1. The Bertz CT molecular complexity index is 663. The predicted molar refractivity (Wildman–Crippen MR) is 75.0 cm³/mol. The molecule has 5 heteroatoms. The first kappa shape index (κ1) is 13.0. The van der Waals surface area contributed by atoms with Crippen molar-refractivity contribution in [2.45, 2.75) is 13.8 Å². The lowest BCUT2D eigenvalue weighted by Crippen LogP contribution is -1.90. The van der Waals surface area contributed by atoms with Gasteiger partial charge in [-0.3, -0.25) is 0 Å². The second kappa shape index (κ2) is 5.95. The van der Waals surface area contributed by atoms with Crippen LogP contribution in [-0.2, 0) is 0 Å². The second-order valence-corrected chi connectivity index (χ2v) is 3.55. The number of H-pyrrole nitrogens is 1. The fourth-order valence-corrected chi connectivity index (χ4v) is 1.65. The lowest BCUT2D eigenvalue weighted by atomic mass is 10.2. The third-order valence-electron chi connectivity index (χ3n) is 2.50. The number of ether oxygens (including phenoxy) is 1. The lowest BCUT2D eigenvalue weighted by molar-refractivity contribution is 0.398. The first-order chi connectivity index (χ1) is 9.36. The van der Waals surface area contributed by atoms with Crippen LogP contribution >= 0.6 is 0 Å². The summed E-state index contributed by atoms with van der Waals surface area (Å²) in [6, 6.07) is 5.61. The summed E-state index contributed by atoms with van der Waals surface area (Å²) in [5, 5.41) is 0. The minimum absolute atomic E-state index is 0.568. The van der Waals surface area contributed by atoms with Crippen LogP contribution in [0.1, 0.15) is 13.8 Å². The van der Waals surface area contributed by atoms with E-state index in [1.54, 1.807) is 19.5 Å². The van der Waals surface area contributed by atoms with E-state index >= 15 is 0 Å². The number of nitrogens with zero attached hydrogens (tertiary/aromatic N) is 3. The van der Waals surface area contributed by atoms with Gasteiger partial charge in [-0.1, -0.05) is 13.8 Å². The van der Waals surface area contributed by atoms with E-state index in [1.165, 1.54) is 0 Å². The third-order valence-corrected chi connectivity index (χ3v) is 2.50. The summed E-state index contributed by atoms with van der Waals surface area (Å²) in [6.07, 6.45) is 5.24. The van der Waals surface area contributed by atoms with Crippen molar-refractivity contribution in [3.05, 3.63) is 36.8 Å². The number of methoxy groups -OCH3 is 1. The molecule has 0 spiro atoms. The zero-order valence-electron chi connectivity index (χ0n) is 11.2. The summed E-state index contributed by atoms with van der Waals surface area (Å²) in [5.74, 6) is 0.568. The molecule has 19 heavy (non-hydrogen) atoms. The predicted octanol–water partition coefficient (Wildman–Crippen LogP) is 3.05. The van der Waals surface area contributed by atoms with Crippen LogP contribution in [0, 0.1) is 0 Å². The Labute approximate surface area is 111 Å². The Kier molecular flexibility index (Phi) is 4.07. The molecule has 0 radical (unpaired) electrons. The molecule has 0 saturated carbocycles. The first-order valence-corrected chi connectivity index (χ1v) is 6.17. The van der Waals surface area contributed by atoms with Crippen LogP contribution in [0.3, 0.4) is 0 Å². The minimum Gasteiger partial charge on any atom is -0.481 e. The zero-order valence-corrected chi connectivity index (χ0v) is 11.2. The monoisotopic (exact) mass is 256 g/mol. The molecule has 3 aromatic heterocycles. The molecule has 0 bridgehead atoms. The number of aromatic nitrogens is 4. The maximum atomic E-state index is 5.08. The van der Waals surface area contributed by atoms with Crippen molar-refractivity contribution in [3.8, 4) is 17.1 Å².